The zero-order valence-corrected chi connectivity index (χ0v) is 15.9. The van der Waals surface area contributed by atoms with Crippen LogP contribution in [0.5, 0.6) is 0 Å². The van der Waals surface area contributed by atoms with Gasteiger partial charge in [-0.2, -0.15) is 0 Å². The van der Waals surface area contributed by atoms with E-state index in [0.717, 1.165) is 0 Å². The van der Waals surface area contributed by atoms with Crippen molar-refractivity contribution in [3.05, 3.63) is 0 Å². The van der Waals surface area contributed by atoms with Gasteiger partial charge in [0.1, 0.15) is 0 Å². The molecule has 0 aliphatic rings. The van der Waals surface area contributed by atoms with Crippen molar-refractivity contribution in [3.8, 4) is 0 Å². The van der Waals surface area contributed by atoms with E-state index < -0.39 is 54.9 Å². The van der Waals surface area contributed by atoms with Gasteiger partial charge in [0, 0.05) is 0 Å². The summed E-state index contributed by atoms with van der Waals surface area (Å²) >= 11 is 0. The van der Waals surface area contributed by atoms with E-state index in [2.05, 4.69) is 0 Å². The number of hydrogen-bond donors (Lipinski definition) is 6. The van der Waals surface area contributed by atoms with Crippen molar-refractivity contribution < 1.29 is 69.3 Å². The molecule has 0 aromatic rings. The molecule has 0 bridgehead atoms. The van der Waals surface area contributed by atoms with Crippen molar-refractivity contribution in [1.29, 1.82) is 0 Å². The standard InChI is InChI=1S/2C4H7NO4.C3H8O2.Zn/c2*5-2(4(8)9)1-3(6)7;1-3(5)2-4;/h2*2H,1,5H2,(H,6,7)(H,8,9);3-5H,2H2,1H3;/q;;;+2/p-2/t2*2-;;/m00../s1. The Kier molecular flexibility index (Phi) is 22.3. The first-order valence-electron chi connectivity index (χ1n) is 6.00. The molecule has 0 aromatic carbocycles. The third-order valence-corrected chi connectivity index (χ3v) is 1.66. The Hall–Kier alpha value is -1.66. The molecule has 0 spiro atoms. The summed E-state index contributed by atoms with van der Waals surface area (Å²) in [7, 11) is 0. The average Bonchev–Trinajstić information content (AvgIpc) is 2.38. The molecule has 3 atom stereocenters. The Bertz CT molecular complexity index is 359. The molecule has 0 radical (unpaired) electrons. The zero-order valence-electron chi connectivity index (χ0n) is 13.0. The number of aliphatic hydroxyl groups is 2. The molecule has 0 saturated heterocycles. The second kappa shape index (κ2) is 17.7. The number of carboxylic acid groups (broad SMARTS) is 4. The normalized spacial score (nSPS) is 12.5. The van der Waals surface area contributed by atoms with Crippen molar-refractivity contribution in [2.45, 2.75) is 38.0 Å². The van der Waals surface area contributed by atoms with Gasteiger partial charge in [-0.1, -0.05) is 0 Å². The largest absolute Gasteiger partial charge is 2.00 e. The van der Waals surface area contributed by atoms with Gasteiger partial charge >= 0.3 is 31.4 Å². The maximum atomic E-state index is 9.74. The number of carboxylic acids is 4. The molecular formula is C11H20N2O10Zn. The van der Waals surface area contributed by atoms with Gasteiger partial charge in [0.25, 0.3) is 0 Å². The number of nitrogens with two attached hydrogens (primary N) is 2. The molecule has 136 valence electrons. The molecule has 0 saturated carbocycles. The molecule has 13 heteroatoms. The van der Waals surface area contributed by atoms with Crippen LogP contribution in [0.4, 0.5) is 0 Å². The van der Waals surface area contributed by atoms with Gasteiger partial charge in [-0.3, -0.25) is 9.59 Å². The molecule has 0 aliphatic carbocycles. The third-order valence-electron chi connectivity index (χ3n) is 1.66. The SMILES string of the molecule is CC(O)CO.N[C@@H](CC(=O)O)C(=O)[O-].N[C@@H](CC(=O)O)C(=O)[O-].[Zn+2]. The Morgan fingerprint density at radius 3 is 1.17 bits per heavy atom. The van der Waals surface area contributed by atoms with Crippen molar-refractivity contribution in [3.63, 3.8) is 0 Å². The first-order chi connectivity index (χ1) is 10.3. The first-order valence-corrected chi connectivity index (χ1v) is 6.00. The Labute approximate surface area is 149 Å². The van der Waals surface area contributed by atoms with Crippen LogP contribution < -0.4 is 21.7 Å². The smallest absolute Gasteiger partial charge is 0.548 e. The van der Waals surface area contributed by atoms with Gasteiger partial charge in [0.05, 0.1) is 49.6 Å². The fourth-order valence-corrected chi connectivity index (χ4v) is 0.543. The summed E-state index contributed by atoms with van der Waals surface area (Å²) in [6.07, 6.45) is -1.75. The topological polar surface area (TPSA) is 247 Å². The van der Waals surface area contributed by atoms with E-state index >= 15 is 0 Å². The van der Waals surface area contributed by atoms with E-state index in [1.54, 1.807) is 0 Å². The van der Waals surface area contributed by atoms with Crippen LogP contribution in [-0.4, -0.2) is 69.1 Å². The zero-order chi connectivity index (χ0) is 19.2. The minimum absolute atomic E-state index is 0. The number of hydrogen-bond acceptors (Lipinski definition) is 10. The number of carbonyl (C=O) groups is 4. The van der Waals surface area contributed by atoms with Gasteiger partial charge in [-0.05, 0) is 6.92 Å². The molecule has 0 aliphatic heterocycles. The molecule has 12 nitrogen and oxygen atoms in total. The van der Waals surface area contributed by atoms with Gasteiger partial charge in [-0.25, -0.2) is 0 Å². The number of rotatable bonds is 7. The summed E-state index contributed by atoms with van der Waals surface area (Å²) in [5.41, 5.74) is 9.55. The van der Waals surface area contributed by atoms with Crippen LogP contribution in [0.1, 0.15) is 19.8 Å². The van der Waals surface area contributed by atoms with Crippen LogP contribution >= 0.6 is 0 Å². The van der Waals surface area contributed by atoms with Crippen molar-refractivity contribution in [2.24, 2.45) is 11.5 Å². The molecule has 0 fully saturated rings. The summed E-state index contributed by atoms with van der Waals surface area (Å²) in [5.74, 6) is -5.58. The predicted octanol–water partition coefficient (Wildman–Crippen LogP) is -5.57. The van der Waals surface area contributed by atoms with E-state index in [1.165, 1.54) is 6.92 Å². The maximum absolute atomic E-state index is 9.74. The van der Waals surface area contributed by atoms with E-state index in [9.17, 15) is 29.4 Å². The minimum atomic E-state index is -1.54. The molecule has 1 unspecified atom stereocenters. The summed E-state index contributed by atoms with van der Waals surface area (Å²) in [6.45, 7) is 1.39. The van der Waals surface area contributed by atoms with Crippen LogP contribution in [0.25, 0.3) is 0 Å². The third kappa shape index (κ3) is 28.5. The maximum Gasteiger partial charge on any atom is 2.00 e. The molecule has 0 aromatic heterocycles. The summed E-state index contributed by atoms with van der Waals surface area (Å²) in [6, 6.07) is -2.80. The molecule has 0 rings (SSSR count). The quantitative estimate of drug-likeness (QED) is 0.217. The minimum Gasteiger partial charge on any atom is -0.548 e. The second-order valence-corrected chi connectivity index (χ2v) is 4.08. The Balaban J connectivity index is -0.000000128. The number of aliphatic hydroxyl groups excluding tert-OH is 2. The van der Waals surface area contributed by atoms with Gasteiger partial charge < -0.3 is 51.7 Å². The fourth-order valence-electron chi connectivity index (χ4n) is 0.543. The summed E-state index contributed by atoms with van der Waals surface area (Å²) in [5, 5.41) is 51.4. The fraction of sp³-hybridized carbons (Fsp3) is 0.636. The van der Waals surface area contributed by atoms with Crippen molar-refractivity contribution in [1.82, 2.24) is 0 Å². The Morgan fingerprint density at radius 2 is 1.12 bits per heavy atom. The van der Waals surface area contributed by atoms with Crippen LogP contribution in [-0.2, 0) is 38.7 Å². The van der Waals surface area contributed by atoms with Crippen molar-refractivity contribution in [2.75, 3.05) is 6.61 Å². The Morgan fingerprint density at radius 1 is 0.917 bits per heavy atom. The summed E-state index contributed by atoms with van der Waals surface area (Å²) < 4.78 is 0. The van der Waals surface area contributed by atoms with Crippen LogP contribution in [0.3, 0.4) is 0 Å². The molecule has 0 heterocycles. The predicted molar refractivity (Wildman–Crippen MR) is 69.2 cm³/mol. The molecule has 0 amide bonds. The van der Waals surface area contributed by atoms with Crippen molar-refractivity contribution >= 4 is 23.9 Å². The van der Waals surface area contributed by atoms with Crippen LogP contribution in [0, 0.1) is 0 Å². The van der Waals surface area contributed by atoms with Gasteiger partial charge in [0.15, 0.2) is 0 Å². The number of aliphatic carboxylic acids is 4. The second-order valence-electron chi connectivity index (χ2n) is 4.08. The monoisotopic (exact) mass is 404 g/mol. The van der Waals surface area contributed by atoms with Crippen LogP contribution in [0.2, 0.25) is 0 Å². The molecular weight excluding hydrogens is 386 g/mol. The van der Waals surface area contributed by atoms with Gasteiger partial charge in [-0.15, -0.1) is 0 Å². The molecule has 24 heavy (non-hydrogen) atoms. The number of carbonyl (C=O) groups excluding carboxylic acids is 2. The van der Waals surface area contributed by atoms with E-state index in [4.69, 9.17) is 31.9 Å². The van der Waals surface area contributed by atoms with E-state index in [1.807, 2.05) is 0 Å². The first kappa shape index (κ1) is 30.2. The molecule has 8 N–H and O–H groups in total. The van der Waals surface area contributed by atoms with E-state index in [0.29, 0.717) is 0 Å². The van der Waals surface area contributed by atoms with Gasteiger partial charge in [0.2, 0.25) is 0 Å². The van der Waals surface area contributed by atoms with Crippen LogP contribution in [0.15, 0.2) is 0 Å². The van der Waals surface area contributed by atoms with E-state index in [-0.39, 0.29) is 26.1 Å². The average molecular weight is 406 g/mol. The summed E-state index contributed by atoms with van der Waals surface area (Å²) in [4.78, 5) is 39.0.